The molecule has 0 saturated carbocycles. The fourth-order valence-electron chi connectivity index (χ4n) is 2.60. The van der Waals surface area contributed by atoms with E-state index in [-0.39, 0.29) is 12.2 Å². The van der Waals surface area contributed by atoms with Crippen LogP contribution in [0.15, 0.2) is 18.2 Å². The number of esters is 1. The summed E-state index contributed by atoms with van der Waals surface area (Å²) in [5.74, 6) is -2.14. The van der Waals surface area contributed by atoms with Crippen molar-refractivity contribution < 1.29 is 23.6 Å². The van der Waals surface area contributed by atoms with Gasteiger partial charge >= 0.3 is 5.97 Å². The number of non-ortho nitro benzene ring substituents is 1. The minimum absolute atomic E-state index is 0.198. The molecule has 0 bridgehead atoms. The van der Waals surface area contributed by atoms with Crippen LogP contribution in [0.25, 0.3) is 0 Å². The molecule has 0 radical (unpaired) electrons. The van der Waals surface area contributed by atoms with Crippen LogP contribution in [0.1, 0.15) is 36.5 Å². The molecule has 0 unspecified atom stereocenters. The molecule has 1 aliphatic rings. The van der Waals surface area contributed by atoms with Gasteiger partial charge in [0.15, 0.2) is 0 Å². The predicted octanol–water partition coefficient (Wildman–Crippen LogP) is 2.29. The van der Waals surface area contributed by atoms with Crippen LogP contribution >= 0.6 is 0 Å². The maximum absolute atomic E-state index is 14.0. The average molecular weight is 324 g/mol. The number of likely N-dealkylation sites (tertiary alicyclic amines) is 1. The second-order valence-corrected chi connectivity index (χ2v) is 5.18. The van der Waals surface area contributed by atoms with Crippen molar-refractivity contribution in [1.82, 2.24) is 4.90 Å². The monoisotopic (exact) mass is 324 g/mol. The molecule has 1 aliphatic heterocycles. The Morgan fingerprint density at radius 2 is 2.17 bits per heavy atom. The lowest BCUT2D eigenvalue weighted by Crippen LogP contribution is -2.48. The third-order valence-electron chi connectivity index (χ3n) is 3.72. The first-order chi connectivity index (χ1) is 11.0. The van der Waals surface area contributed by atoms with Crippen molar-refractivity contribution in [2.75, 3.05) is 13.2 Å². The molecule has 124 valence electrons. The van der Waals surface area contributed by atoms with Crippen LogP contribution in [-0.2, 0) is 9.53 Å². The van der Waals surface area contributed by atoms with E-state index in [0.29, 0.717) is 25.5 Å². The number of hydrogen-bond donors (Lipinski definition) is 0. The summed E-state index contributed by atoms with van der Waals surface area (Å²) in [5.41, 5.74) is -0.716. The maximum Gasteiger partial charge on any atom is 0.328 e. The van der Waals surface area contributed by atoms with E-state index in [0.717, 1.165) is 18.6 Å². The molecule has 0 aromatic heterocycles. The Morgan fingerprint density at radius 3 is 2.78 bits per heavy atom. The van der Waals surface area contributed by atoms with Gasteiger partial charge in [0.25, 0.3) is 11.6 Å². The molecule has 0 spiro atoms. The van der Waals surface area contributed by atoms with Crippen LogP contribution in [0, 0.1) is 15.9 Å². The van der Waals surface area contributed by atoms with Gasteiger partial charge in [-0.05, 0) is 32.3 Å². The SMILES string of the molecule is CCOC(=O)[C@@H]1CCCCN1C(=O)c1ccc([N+](=O)[O-])cc1F. The van der Waals surface area contributed by atoms with Crippen LogP contribution in [-0.4, -0.2) is 40.9 Å². The number of nitrogens with zero attached hydrogens (tertiary/aromatic N) is 2. The Balaban J connectivity index is 2.26. The number of rotatable bonds is 4. The largest absolute Gasteiger partial charge is 0.464 e. The predicted molar refractivity (Wildman–Crippen MR) is 78.4 cm³/mol. The van der Waals surface area contributed by atoms with Crippen LogP contribution in [0.3, 0.4) is 0 Å². The van der Waals surface area contributed by atoms with E-state index in [1.54, 1.807) is 6.92 Å². The topological polar surface area (TPSA) is 89.8 Å². The van der Waals surface area contributed by atoms with Crippen LogP contribution in [0.5, 0.6) is 0 Å². The zero-order chi connectivity index (χ0) is 17.0. The van der Waals surface area contributed by atoms with E-state index >= 15 is 0 Å². The smallest absolute Gasteiger partial charge is 0.328 e. The van der Waals surface area contributed by atoms with Crippen LogP contribution in [0.2, 0.25) is 0 Å². The summed E-state index contributed by atoms with van der Waals surface area (Å²) in [7, 11) is 0. The molecular weight excluding hydrogens is 307 g/mol. The van der Waals surface area contributed by atoms with E-state index in [2.05, 4.69) is 0 Å². The van der Waals surface area contributed by atoms with Crippen molar-refractivity contribution in [2.45, 2.75) is 32.2 Å². The number of halogens is 1. The van der Waals surface area contributed by atoms with Crippen molar-refractivity contribution in [1.29, 1.82) is 0 Å². The fraction of sp³-hybridized carbons (Fsp3) is 0.467. The van der Waals surface area contributed by atoms with Crippen LogP contribution in [0.4, 0.5) is 10.1 Å². The van der Waals surface area contributed by atoms with Gasteiger partial charge in [-0.1, -0.05) is 0 Å². The molecule has 23 heavy (non-hydrogen) atoms. The Hall–Kier alpha value is -2.51. The molecule has 1 aromatic carbocycles. The molecule has 0 N–H and O–H groups in total. The summed E-state index contributed by atoms with van der Waals surface area (Å²) in [6.07, 6.45) is 1.94. The number of nitro benzene ring substituents is 1. The lowest BCUT2D eigenvalue weighted by Gasteiger charge is -2.34. The molecule has 1 aromatic rings. The molecule has 1 atom stereocenters. The van der Waals surface area contributed by atoms with E-state index in [9.17, 15) is 24.1 Å². The molecule has 1 saturated heterocycles. The number of benzene rings is 1. The third-order valence-corrected chi connectivity index (χ3v) is 3.72. The molecule has 2 rings (SSSR count). The van der Waals surface area contributed by atoms with Gasteiger partial charge in [0.05, 0.1) is 23.2 Å². The summed E-state index contributed by atoms with van der Waals surface area (Å²) in [6, 6.07) is 2.11. The van der Waals surface area contributed by atoms with Gasteiger partial charge in [0.1, 0.15) is 11.9 Å². The summed E-state index contributed by atoms with van der Waals surface area (Å²) < 4.78 is 19.0. The van der Waals surface area contributed by atoms with Gasteiger partial charge in [-0.25, -0.2) is 9.18 Å². The summed E-state index contributed by atoms with van der Waals surface area (Å²) in [5, 5.41) is 10.6. The molecule has 1 heterocycles. The molecule has 1 amide bonds. The number of carbonyl (C=O) groups excluding carboxylic acids is 2. The highest BCUT2D eigenvalue weighted by Crippen LogP contribution is 2.23. The molecular formula is C15H17FN2O5. The quantitative estimate of drug-likeness (QED) is 0.481. The zero-order valence-electron chi connectivity index (χ0n) is 12.7. The number of nitro groups is 1. The molecule has 7 nitrogen and oxygen atoms in total. The summed E-state index contributed by atoms with van der Waals surface area (Å²) >= 11 is 0. The van der Waals surface area contributed by atoms with Crippen molar-refractivity contribution >= 4 is 17.6 Å². The van der Waals surface area contributed by atoms with Crippen molar-refractivity contribution in [3.63, 3.8) is 0 Å². The van der Waals surface area contributed by atoms with Gasteiger partial charge in [-0.15, -0.1) is 0 Å². The minimum atomic E-state index is -0.975. The number of piperidine rings is 1. The van der Waals surface area contributed by atoms with Gasteiger partial charge in [-0.3, -0.25) is 14.9 Å². The summed E-state index contributed by atoms with van der Waals surface area (Å²) in [6.45, 7) is 2.19. The van der Waals surface area contributed by atoms with E-state index < -0.39 is 34.3 Å². The minimum Gasteiger partial charge on any atom is -0.464 e. The van der Waals surface area contributed by atoms with Crippen molar-refractivity contribution in [3.8, 4) is 0 Å². The fourth-order valence-corrected chi connectivity index (χ4v) is 2.60. The van der Waals surface area contributed by atoms with Gasteiger partial charge in [0, 0.05) is 12.6 Å². The summed E-state index contributed by atoms with van der Waals surface area (Å²) in [4.78, 5) is 35.7. The van der Waals surface area contributed by atoms with E-state index in [1.807, 2.05) is 0 Å². The number of amides is 1. The normalized spacial score (nSPS) is 17.7. The second-order valence-electron chi connectivity index (χ2n) is 5.18. The third kappa shape index (κ3) is 3.64. The second kappa shape index (κ2) is 7.17. The number of carbonyl (C=O) groups is 2. The Morgan fingerprint density at radius 1 is 1.43 bits per heavy atom. The first-order valence-electron chi connectivity index (χ1n) is 7.37. The Kier molecular flexibility index (Phi) is 5.25. The average Bonchev–Trinajstić information content (AvgIpc) is 2.54. The van der Waals surface area contributed by atoms with Gasteiger partial charge in [0.2, 0.25) is 0 Å². The first-order valence-corrected chi connectivity index (χ1v) is 7.37. The lowest BCUT2D eigenvalue weighted by molar-refractivity contribution is -0.385. The number of ether oxygens (including phenoxy) is 1. The lowest BCUT2D eigenvalue weighted by atomic mass is 10.0. The highest BCUT2D eigenvalue weighted by molar-refractivity contribution is 5.97. The Bertz CT molecular complexity index is 634. The number of hydrogen-bond acceptors (Lipinski definition) is 5. The molecule has 1 fully saturated rings. The maximum atomic E-state index is 14.0. The van der Waals surface area contributed by atoms with Gasteiger partial charge in [-0.2, -0.15) is 0 Å². The first kappa shape index (κ1) is 16.9. The highest BCUT2D eigenvalue weighted by Gasteiger charge is 2.34. The Labute approximate surface area is 132 Å². The van der Waals surface area contributed by atoms with Crippen LogP contribution < -0.4 is 0 Å². The van der Waals surface area contributed by atoms with E-state index in [4.69, 9.17) is 4.74 Å². The van der Waals surface area contributed by atoms with Gasteiger partial charge < -0.3 is 9.64 Å². The zero-order valence-corrected chi connectivity index (χ0v) is 12.7. The molecule has 0 aliphatic carbocycles. The standard InChI is InChI=1S/C15H17FN2O5/c1-2-23-15(20)13-5-3-4-8-17(13)14(19)11-7-6-10(18(21)22)9-12(11)16/h6-7,9,13H,2-5,8H2,1H3/t13-/m0/s1. The van der Waals surface area contributed by atoms with E-state index in [1.165, 1.54) is 4.90 Å². The molecule has 8 heteroatoms. The van der Waals surface area contributed by atoms with Crippen molar-refractivity contribution in [2.24, 2.45) is 0 Å². The highest BCUT2D eigenvalue weighted by atomic mass is 19.1. The van der Waals surface area contributed by atoms with Crippen molar-refractivity contribution in [3.05, 3.63) is 39.7 Å².